The zero-order chi connectivity index (χ0) is 21.0. The minimum atomic E-state index is -0.597. The van der Waals surface area contributed by atoms with Gasteiger partial charge in [0.2, 0.25) is 5.91 Å². The molecule has 150 valence electrons. The van der Waals surface area contributed by atoms with Crippen molar-refractivity contribution in [3.05, 3.63) is 64.0 Å². The maximum Gasteiger partial charge on any atom is 0.271 e. The SMILES string of the molecule is COc1ccc([N+](=O)[O-])cc1NC(=O)C1=NN(Cc2ccc(F)cc2)C(=O)CC1. The van der Waals surface area contributed by atoms with E-state index in [9.17, 15) is 24.1 Å². The summed E-state index contributed by atoms with van der Waals surface area (Å²) in [5.41, 5.74) is 0.668. The summed E-state index contributed by atoms with van der Waals surface area (Å²) in [6.45, 7) is 0.0933. The Hall–Kier alpha value is -3.82. The van der Waals surface area contributed by atoms with Gasteiger partial charge in [0.05, 0.1) is 24.3 Å². The number of halogens is 1. The molecule has 9 nitrogen and oxygen atoms in total. The Labute approximate surface area is 164 Å². The molecule has 10 heteroatoms. The standard InChI is InChI=1S/C19H17FN4O5/c1-29-17-8-6-14(24(27)28)10-16(17)21-19(26)15-7-9-18(25)23(22-15)11-12-2-4-13(20)5-3-12/h2-6,8,10H,7,9,11H2,1H3,(H,21,26). The third-order valence-electron chi connectivity index (χ3n) is 4.25. The molecule has 0 saturated carbocycles. The first kappa shape index (κ1) is 19.9. The van der Waals surface area contributed by atoms with Crippen LogP contribution in [0.25, 0.3) is 0 Å². The number of amides is 2. The Morgan fingerprint density at radius 3 is 2.66 bits per heavy atom. The van der Waals surface area contributed by atoms with Crippen molar-refractivity contribution in [2.75, 3.05) is 12.4 Å². The first-order valence-corrected chi connectivity index (χ1v) is 8.63. The molecule has 29 heavy (non-hydrogen) atoms. The van der Waals surface area contributed by atoms with Crippen LogP contribution >= 0.6 is 0 Å². The third kappa shape index (κ3) is 4.72. The number of ether oxygens (including phenoxy) is 1. The number of anilines is 1. The molecule has 2 aromatic carbocycles. The van der Waals surface area contributed by atoms with Crippen molar-refractivity contribution in [1.29, 1.82) is 0 Å². The second-order valence-corrected chi connectivity index (χ2v) is 6.22. The number of methoxy groups -OCH3 is 1. The van der Waals surface area contributed by atoms with Gasteiger partial charge >= 0.3 is 0 Å². The van der Waals surface area contributed by atoms with Crippen LogP contribution in [-0.4, -0.2) is 34.6 Å². The van der Waals surface area contributed by atoms with Crippen LogP contribution in [0.4, 0.5) is 15.8 Å². The number of non-ortho nitro benzene ring substituents is 1. The topological polar surface area (TPSA) is 114 Å². The monoisotopic (exact) mass is 400 g/mol. The normalized spacial score (nSPS) is 13.7. The zero-order valence-corrected chi connectivity index (χ0v) is 15.4. The fourth-order valence-electron chi connectivity index (χ4n) is 2.75. The van der Waals surface area contributed by atoms with Gasteiger partial charge in [-0.3, -0.25) is 19.7 Å². The smallest absolute Gasteiger partial charge is 0.271 e. The zero-order valence-electron chi connectivity index (χ0n) is 15.4. The van der Waals surface area contributed by atoms with Crippen LogP contribution in [0.15, 0.2) is 47.6 Å². The molecule has 1 aliphatic heterocycles. The average Bonchev–Trinajstić information content (AvgIpc) is 2.71. The predicted octanol–water partition coefficient (Wildman–Crippen LogP) is 2.86. The molecule has 0 saturated heterocycles. The number of hydrazone groups is 1. The molecule has 1 aliphatic rings. The number of nitrogens with one attached hydrogen (secondary N) is 1. The minimum absolute atomic E-state index is 0.0829. The van der Waals surface area contributed by atoms with Gasteiger partial charge in [0.25, 0.3) is 11.6 Å². The van der Waals surface area contributed by atoms with Gasteiger partial charge in [0.1, 0.15) is 17.3 Å². The maximum atomic E-state index is 13.0. The van der Waals surface area contributed by atoms with E-state index in [1.165, 1.54) is 49.6 Å². The van der Waals surface area contributed by atoms with Gasteiger partial charge in [-0.25, -0.2) is 9.40 Å². The quantitative estimate of drug-likeness (QED) is 0.592. The molecule has 0 spiro atoms. The number of hydrogen-bond donors (Lipinski definition) is 1. The molecule has 1 N–H and O–H groups in total. The van der Waals surface area contributed by atoms with E-state index in [2.05, 4.69) is 10.4 Å². The van der Waals surface area contributed by atoms with E-state index in [0.29, 0.717) is 5.56 Å². The van der Waals surface area contributed by atoms with E-state index < -0.39 is 16.6 Å². The van der Waals surface area contributed by atoms with Crippen molar-refractivity contribution in [3.8, 4) is 5.75 Å². The number of nitrogens with zero attached hydrogens (tertiary/aromatic N) is 3. The minimum Gasteiger partial charge on any atom is -0.495 e. The predicted molar refractivity (Wildman–Crippen MR) is 102 cm³/mol. The fourth-order valence-corrected chi connectivity index (χ4v) is 2.75. The highest BCUT2D eigenvalue weighted by Gasteiger charge is 2.25. The molecular weight excluding hydrogens is 383 g/mol. The van der Waals surface area contributed by atoms with E-state index in [0.717, 1.165) is 5.01 Å². The van der Waals surface area contributed by atoms with Crippen LogP contribution in [0.1, 0.15) is 18.4 Å². The van der Waals surface area contributed by atoms with Gasteiger partial charge in [-0.15, -0.1) is 0 Å². The first-order valence-electron chi connectivity index (χ1n) is 8.63. The van der Waals surface area contributed by atoms with Gasteiger partial charge < -0.3 is 10.1 Å². The lowest BCUT2D eigenvalue weighted by molar-refractivity contribution is -0.384. The second kappa shape index (κ2) is 8.46. The summed E-state index contributed by atoms with van der Waals surface area (Å²) in [6.07, 6.45) is 0.210. The summed E-state index contributed by atoms with van der Waals surface area (Å²) in [7, 11) is 1.37. The van der Waals surface area contributed by atoms with Crippen molar-refractivity contribution >= 4 is 28.9 Å². The first-order chi connectivity index (χ1) is 13.9. The molecule has 2 aromatic rings. The van der Waals surface area contributed by atoms with Crippen LogP contribution in [0.5, 0.6) is 5.75 Å². The lowest BCUT2D eigenvalue weighted by Gasteiger charge is -2.23. The number of nitro groups is 1. The molecular formula is C19H17FN4O5. The summed E-state index contributed by atoms with van der Waals surface area (Å²) in [4.78, 5) is 35.1. The Balaban J connectivity index is 1.79. The Bertz CT molecular complexity index is 991. The van der Waals surface area contributed by atoms with Crippen LogP contribution in [0, 0.1) is 15.9 Å². The van der Waals surface area contributed by atoms with Crippen molar-refractivity contribution < 1.29 is 23.6 Å². The summed E-state index contributed by atoms with van der Waals surface area (Å²) in [5, 5.41) is 18.8. The Morgan fingerprint density at radius 1 is 1.28 bits per heavy atom. The van der Waals surface area contributed by atoms with Crippen LogP contribution in [0.3, 0.4) is 0 Å². The van der Waals surface area contributed by atoms with Crippen molar-refractivity contribution in [2.24, 2.45) is 5.10 Å². The molecule has 0 bridgehead atoms. The highest BCUT2D eigenvalue weighted by Crippen LogP contribution is 2.29. The summed E-state index contributed by atoms with van der Waals surface area (Å²) < 4.78 is 18.2. The Morgan fingerprint density at radius 2 is 2.00 bits per heavy atom. The van der Waals surface area contributed by atoms with E-state index >= 15 is 0 Å². The number of rotatable bonds is 6. The van der Waals surface area contributed by atoms with Gasteiger partial charge in [-0.05, 0) is 23.8 Å². The number of carbonyl (C=O) groups is 2. The molecule has 1 heterocycles. The highest BCUT2D eigenvalue weighted by molar-refractivity contribution is 6.43. The van der Waals surface area contributed by atoms with Crippen molar-refractivity contribution in [2.45, 2.75) is 19.4 Å². The van der Waals surface area contributed by atoms with Crippen LogP contribution in [-0.2, 0) is 16.1 Å². The third-order valence-corrected chi connectivity index (χ3v) is 4.25. The van der Waals surface area contributed by atoms with E-state index in [4.69, 9.17) is 4.74 Å². The lowest BCUT2D eigenvalue weighted by atomic mass is 10.1. The average molecular weight is 400 g/mol. The molecule has 0 unspecified atom stereocenters. The second-order valence-electron chi connectivity index (χ2n) is 6.22. The molecule has 0 radical (unpaired) electrons. The van der Waals surface area contributed by atoms with E-state index in [1.54, 1.807) is 0 Å². The van der Waals surface area contributed by atoms with Crippen LogP contribution < -0.4 is 10.1 Å². The van der Waals surface area contributed by atoms with Crippen molar-refractivity contribution in [3.63, 3.8) is 0 Å². The van der Waals surface area contributed by atoms with Gasteiger partial charge in [0.15, 0.2) is 0 Å². The number of carbonyl (C=O) groups excluding carboxylic acids is 2. The van der Waals surface area contributed by atoms with Crippen molar-refractivity contribution in [1.82, 2.24) is 5.01 Å². The summed E-state index contributed by atoms with van der Waals surface area (Å²) in [5.74, 6) is -1.01. The van der Waals surface area contributed by atoms with Gasteiger partial charge in [0, 0.05) is 25.0 Å². The summed E-state index contributed by atoms with van der Waals surface area (Å²) >= 11 is 0. The molecule has 0 aromatic heterocycles. The maximum absolute atomic E-state index is 13.0. The highest BCUT2D eigenvalue weighted by atomic mass is 19.1. The molecule has 2 amide bonds. The van der Waals surface area contributed by atoms with Gasteiger partial charge in [-0.1, -0.05) is 12.1 Å². The number of nitro benzene ring substituents is 1. The van der Waals surface area contributed by atoms with Gasteiger partial charge in [-0.2, -0.15) is 5.10 Å². The summed E-state index contributed by atoms with van der Waals surface area (Å²) in [6, 6.07) is 9.42. The largest absolute Gasteiger partial charge is 0.495 e. The fraction of sp³-hybridized carbons (Fsp3) is 0.211. The molecule has 0 aliphatic carbocycles. The molecule has 0 atom stereocenters. The lowest BCUT2D eigenvalue weighted by Crippen LogP contribution is -2.36. The molecule has 0 fully saturated rings. The Kier molecular flexibility index (Phi) is 5.82. The van der Waals surface area contributed by atoms with E-state index in [-0.39, 0.29) is 48.1 Å². The van der Waals surface area contributed by atoms with E-state index in [1.807, 2.05) is 0 Å². The number of benzene rings is 2. The molecule has 3 rings (SSSR count). The number of hydrogen-bond acceptors (Lipinski definition) is 6. The van der Waals surface area contributed by atoms with Crippen LogP contribution in [0.2, 0.25) is 0 Å².